The summed E-state index contributed by atoms with van der Waals surface area (Å²) in [5.41, 5.74) is 1.09. The van der Waals surface area contributed by atoms with Gasteiger partial charge in [0, 0.05) is 0 Å². The predicted octanol–water partition coefficient (Wildman–Crippen LogP) is 1.26. The molecule has 1 amide bonds. The Kier molecular flexibility index (Phi) is 6.21. The topological polar surface area (TPSA) is 75.6 Å². The van der Waals surface area contributed by atoms with Crippen LogP contribution in [0.1, 0.15) is 12.0 Å². The first kappa shape index (κ1) is 15.4. The van der Waals surface area contributed by atoms with Crippen molar-refractivity contribution in [3.8, 4) is 5.75 Å². The highest BCUT2D eigenvalue weighted by molar-refractivity contribution is 7.80. The molecule has 0 bridgehead atoms. The molecule has 6 heteroatoms. The van der Waals surface area contributed by atoms with Crippen molar-refractivity contribution >= 4 is 24.5 Å². The molecule has 1 unspecified atom stereocenters. The Bertz CT molecular complexity index is 433. The Morgan fingerprint density at radius 2 is 2.00 bits per heavy atom. The number of hydrogen-bond acceptors (Lipinski definition) is 4. The Morgan fingerprint density at radius 3 is 2.53 bits per heavy atom. The van der Waals surface area contributed by atoms with Gasteiger partial charge in [0.25, 0.3) is 5.91 Å². The highest BCUT2D eigenvalue weighted by atomic mass is 32.1. The Balaban J connectivity index is 2.42. The molecule has 2 N–H and O–H groups in total. The zero-order valence-electron chi connectivity index (χ0n) is 10.6. The molecule has 0 heterocycles. The highest BCUT2D eigenvalue weighted by Gasteiger charge is 2.18. The molecule has 104 valence electrons. The Hall–Kier alpha value is -1.69. The van der Waals surface area contributed by atoms with Crippen LogP contribution in [-0.2, 0) is 9.59 Å². The number of carbonyl (C=O) groups is 2. The van der Waals surface area contributed by atoms with E-state index in [1.807, 2.05) is 19.1 Å². The molecule has 0 fully saturated rings. The van der Waals surface area contributed by atoms with Gasteiger partial charge in [-0.05, 0) is 31.2 Å². The van der Waals surface area contributed by atoms with Crippen LogP contribution in [0.3, 0.4) is 0 Å². The maximum Gasteiger partial charge on any atom is 0.326 e. The second kappa shape index (κ2) is 7.68. The summed E-state index contributed by atoms with van der Waals surface area (Å²) in [5.74, 6) is -0.579. The molecule has 5 nitrogen and oxygen atoms in total. The molecule has 0 aromatic heterocycles. The van der Waals surface area contributed by atoms with Crippen LogP contribution in [0.15, 0.2) is 24.3 Å². The van der Waals surface area contributed by atoms with Crippen molar-refractivity contribution in [1.29, 1.82) is 0 Å². The van der Waals surface area contributed by atoms with Crippen LogP contribution in [0.2, 0.25) is 0 Å². The van der Waals surface area contributed by atoms with Gasteiger partial charge in [-0.3, -0.25) is 4.79 Å². The van der Waals surface area contributed by atoms with Crippen molar-refractivity contribution in [2.24, 2.45) is 0 Å². The van der Waals surface area contributed by atoms with Crippen LogP contribution in [-0.4, -0.2) is 35.4 Å². The first-order valence-corrected chi connectivity index (χ1v) is 6.48. The van der Waals surface area contributed by atoms with Gasteiger partial charge in [0.15, 0.2) is 6.61 Å². The van der Waals surface area contributed by atoms with E-state index in [0.717, 1.165) is 5.56 Å². The number of rotatable bonds is 7. The van der Waals surface area contributed by atoms with E-state index in [-0.39, 0.29) is 13.0 Å². The average molecular weight is 283 g/mol. The molecule has 0 spiro atoms. The number of thiol groups is 1. The number of ether oxygens (including phenoxy) is 1. The van der Waals surface area contributed by atoms with Gasteiger partial charge in [-0.25, -0.2) is 4.79 Å². The second-order valence-electron chi connectivity index (χ2n) is 4.07. The Morgan fingerprint density at radius 1 is 1.37 bits per heavy atom. The summed E-state index contributed by atoms with van der Waals surface area (Å²) in [6, 6.07) is 6.32. The average Bonchev–Trinajstić information content (AvgIpc) is 2.37. The van der Waals surface area contributed by atoms with Gasteiger partial charge in [0.2, 0.25) is 0 Å². The summed E-state index contributed by atoms with van der Waals surface area (Å²) in [7, 11) is 0. The molecule has 0 aliphatic heterocycles. The molecule has 0 radical (unpaired) electrons. The third-order valence-electron chi connectivity index (χ3n) is 2.44. The lowest BCUT2D eigenvalue weighted by atomic mass is 10.2. The molecule has 0 aliphatic carbocycles. The molecule has 1 aromatic carbocycles. The number of carboxylic acid groups (broad SMARTS) is 1. The van der Waals surface area contributed by atoms with E-state index in [9.17, 15) is 9.59 Å². The van der Waals surface area contributed by atoms with Crippen LogP contribution in [0.5, 0.6) is 5.75 Å². The number of benzene rings is 1. The quantitative estimate of drug-likeness (QED) is 0.659. The number of carboxylic acids is 1. The van der Waals surface area contributed by atoms with Gasteiger partial charge in [0.1, 0.15) is 11.8 Å². The lowest BCUT2D eigenvalue weighted by Crippen LogP contribution is -2.43. The van der Waals surface area contributed by atoms with Gasteiger partial charge >= 0.3 is 5.97 Å². The molecule has 19 heavy (non-hydrogen) atoms. The minimum atomic E-state index is -1.07. The summed E-state index contributed by atoms with van der Waals surface area (Å²) in [4.78, 5) is 22.4. The lowest BCUT2D eigenvalue weighted by molar-refractivity contribution is -0.142. The first-order chi connectivity index (χ1) is 9.02. The minimum Gasteiger partial charge on any atom is -0.484 e. The molecule has 0 aliphatic rings. The van der Waals surface area contributed by atoms with Gasteiger partial charge in [0.05, 0.1) is 0 Å². The number of aryl methyl sites for hydroxylation is 1. The van der Waals surface area contributed by atoms with Crippen LogP contribution >= 0.6 is 12.6 Å². The normalized spacial score (nSPS) is 11.7. The van der Waals surface area contributed by atoms with Crippen molar-refractivity contribution < 1.29 is 19.4 Å². The third-order valence-corrected chi connectivity index (χ3v) is 2.70. The highest BCUT2D eigenvalue weighted by Crippen LogP contribution is 2.10. The largest absolute Gasteiger partial charge is 0.484 e. The summed E-state index contributed by atoms with van der Waals surface area (Å²) in [6.07, 6.45) is 0.273. The zero-order chi connectivity index (χ0) is 14.3. The standard InChI is InChI=1S/C13H17NO4S/c1-9-2-4-10(5-3-9)18-8-12(15)14-11(6-7-19)13(16)17/h2-5,11,19H,6-8H2,1H3,(H,14,15)(H,16,17). The fourth-order valence-corrected chi connectivity index (χ4v) is 1.66. The number of hydrogen-bond donors (Lipinski definition) is 3. The second-order valence-corrected chi connectivity index (χ2v) is 4.52. The van der Waals surface area contributed by atoms with E-state index in [1.165, 1.54) is 0 Å². The van der Waals surface area contributed by atoms with E-state index < -0.39 is 17.9 Å². The molecular formula is C13H17NO4S. The zero-order valence-corrected chi connectivity index (χ0v) is 11.5. The SMILES string of the molecule is Cc1ccc(OCC(=O)NC(CCS)C(=O)O)cc1. The summed E-state index contributed by atoms with van der Waals surface area (Å²) < 4.78 is 5.26. The molecule has 1 aromatic rings. The predicted molar refractivity (Wildman–Crippen MR) is 74.7 cm³/mol. The summed E-state index contributed by atoms with van der Waals surface area (Å²) in [6.45, 7) is 1.74. The van der Waals surface area contributed by atoms with E-state index >= 15 is 0 Å². The van der Waals surface area contributed by atoms with Crippen molar-refractivity contribution in [2.75, 3.05) is 12.4 Å². The third kappa shape index (κ3) is 5.65. The maximum atomic E-state index is 11.5. The number of aliphatic carboxylic acids is 1. The molecule has 1 rings (SSSR count). The van der Waals surface area contributed by atoms with Crippen molar-refractivity contribution in [3.63, 3.8) is 0 Å². The number of amides is 1. The minimum absolute atomic E-state index is 0.209. The van der Waals surface area contributed by atoms with Gasteiger partial charge < -0.3 is 15.2 Å². The van der Waals surface area contributed by atoms with E-state index in [0.29, 0.717) is 11.5 Å². The fraction of sp³-hybridized carbons (Fsp3) is 0.385. The number of carbonyl (C=O) groups excluding carboxylic acids is 1. The van der Waals surface area contributed by atoms with Gasteiger partial charge in [-0.2, -0.15) is 12.6 Å². The smallest absolute Gasteiger partial charge is 0.326 e. The molecule has 0 saturated carbocycles. The van der Waals surface area contributed by atoms with Gasteiger partial charge in [-0.1, -0.05) is 17.7 Å². The van der Waals surface area contributed by atoms with Crippen molar-refractivity contribution in [3.05, 3.63) is 29.8 Å². The van der Waals surface area contributed by atoms with E-state index in [1.54, 1.807) is 12.1 Å². The molecular weight excluding hydrogens is 266 g/mol. The van der Waals surface area contributed by atoms with E-state index in [2.05, 4.69) is 17.9 Å². The van der Waals surface area contributed by atoms with E-state index in [4.69, 9.17) is 9.84 Å². The summed E-state index contributed by atoms with van der Waals surface area (Å²) >= 11 is 3.95. The van der Waals surface area contributed by atoms with Crippen LogP contribution in [0.4, 0.5) is 0 Å². The fourth-order valence-electron chi connectivity index (χ4n) is 1.41. The molecule has 0 saturated heterocycles. The van der Waals surface area contributed by atoms with Gasteiger partial charge in [-0.15, -0.1) is 0 Å². The summed E-state index contributed by atoms with van der Waals surface area (Å²) in [5, 5.41) is 11.3. The lowest BCUT2D eigenvalue weighted by Gasteiger charge is -2.13. The van der Waals surface area contributed by atoms with Crippen molar-refractivity contribution in [2.45, 2.75) is 19.4 Å². The van der Waals surface area contributed by atoms with Crippen LogP contribution < -0.4 is 10.1 Å². The monoisotopic (exact) mass is 283 g/mol. The van der Waals surface area contributed by atoms with Crippen molar-refractivity contribution in [1.82, 2.24) is 5.32 Å². The molecule has 1 atom stereocenters. The Labute approximate surface area is 117 Å². The number of nitrogens with one attached hydrogen (secondary N) is 1. The van der Waals surface area contributed by atoms with Crippen LogP contribution in [0, 0.1) is 6.92 Å². The maximum absolute atomic E-state index is 11.5. The first-order valence-electron chi connectivity index (χ1n) is 5.85. The van der Waals surface area contributed by atoms with Crippen LogP contribution in [0.25, 0.3) is 0 Å².